The van der Waals surface area contributed by atoms with E-state index in [0.29, 0.717) is 23.5 Å². The van der Waals surface area contributed by atoms with E-state index in [4.69, 9.17) is 23.2 Å². The van der Waals surface area contributed by atoms with Gasteiger partial charge in [-0.2, -0.15) is 4.31 Å². The van der Waals surface area contributed by atoms with E-state index >= 15 is 0 Å². The first-order valence-corrected chi connectivity index (χ1v) is 9.19. The molecule has 8 heteroatoms. The molecular formula is C11H14Cl2N2O2S2. The lowest BCUT2D eigenvalue weighted by atomic mass is 10.1. The van der Waals surface area contributed by atoms with Crippen LogP contribution in [0.3, 0.4) is 0 Å². The monoisotopic (exact) mass is 340 g/mol. The fourth-order valence-electron chi connectivity index (χ4n) is 2.77. The van der Waals surface area contributed by atoms with Crippen LogP contribution >= 0.6 is 34.5 Å². The highest BCUT2D eigenvalue weighted by Gasteiger charge is 2.36. The van der Waals surface area contributed by atoms with Crippen molar-refractivity contribution in [2.75, 3.05) is 13.1 Å². The average Bonchev–Trinajstić information content (AvgIpc) is 2.81. The van der Waals surface area contributed by atoms with E-state index in [9.17, 15) is 8.42 Å². The van der Waals surface area contributed by atoms with Gasteiger partial charge in [0.2, 0.25) is 10.0 Å². The lowest BCUT2D eigenvalue weighted by Gasteiger charge is -2.23. The zero-order valence-corrected chi connectivity index (χ0v) is 13.2. The maximum absolute atomic E-state index is 12.6. The molecule has 106 valence electrons. The maximum Gasteiger partial charge on any atom is 0.245 e. The first-order chi connectivity index (χ1) is 8.96. The molecule has 19 heavy (non-hydrogen) atoms. The van der Waals surface area contributed by atoms with E-state index in [1.165, 1.54) is 10.4 Å². The second kappa shape index (κ2) is 5.16. The zero-order chi connectivity index (χ0) is 13.6. The highest BCUT2D eigenvalue weighted by molar-refractivity contribution is 7.89. The second-order valence-corrected chi connectivity index (χ2v) is 9.17. The van der Waals surface area contributed by atoms with E-state index in [1.807, 2.05) is 0 Å². The molecule has 0 saturated carbocycles. The molecule has 1 N–H and O–H groups in total. The van der Waals surface area contributed by atoms with Gasteiger partial charge >= 0.3 is 0 Å². The van der Waals surface area contributed by atoms with Crippen LogP contribution < -0.4 is 5.32 Å². The summed E-state index contributed by atoms with van der Waals surface area (Å²) in [6.45, 7) is 1.06. The van der Waals surface area contributed by atoms with Crippen LogP contribution in [0.15, 0.2) is 11.0 Å². The minimum absolute atomic E-state index is 0.141. The molecule has 0 spiro atoms. The molecule has 4 nitrogen and oxygen atoms in total. The third-order valence-electron chi connectivity index (χ3n) is 3.73. The smallest absolute Gasteiger partial charge is 0.245 e. The molecule has 2 unspecified atom stereocenters. The number of halogens is 2. The van der Waals surface area contributed by atoms with Crippen LogP contribution in [-0.4, -0.2) is 37.9 Å². The minimum Gasteiger partial charge on any atom is -0.310 e. The van der Waals surface area contributed by atoms with Gasteiger partial charge in [0.05, 0.1) is 4.34 Å². The summed E-state index contributed by atoms with van der Waals surface area (Å²) in [6.07, 6.45) is 3.03. The summed E-state index contributed by atoms with van der Waals surface area (Å²) in [5.41, 5.74) is 0. The average molecular weight is 341 g/mol. The fourth-order valence-corrected chi connectivity index (χ4v) is 6.38. The quantitative estimate of drug-likeness (QED) is 0.900. The van der Waals surface area contributed by atoms with Crippen molar-refractivity contribution in [1.29, 1.82) is 0 Å². The van der Waals surface area contributed by atoms with Crippen molar-refractivity contribution < 1.29 is 8.42 Å². The predicted molar refractivity (Wildman–Crippen MR) is 77.7 cm³/mol. The van der Waals surface area contributed by atoms with Crippen LogP contribution in [-0.2, 0) is 10.0 Å². The third-order valence-corrected chi connectivity index (χ3v) is 7.35. The van der Waals surface area contributed by atoms with Crippen LogP contribution in [0.4, 0.5) is 0 Å². The van der Waals surface area contributed by atoms with Gasteiger partial charge in [0, 0.05) is 25.2 Å². The molecule has 0 amide bonds. The Balaban J connectivity index is 1.90. The number of sulfonamides is 1. The lowest BCUT2D eigenvalue weighted by molar-refractivity contribution is 0.383. The number of nitrogens with one attached hydrogen (secondary N) is 1. The third kappa shape index (κ3) is 2.66. The number of hydrogen-bond donors (Lipinski definition) is 1. The van der Waals surface area contributed by atoms with E-state index in [0.717, 1.165) is 30.6 Å². The summed E-state index contributed by atoms with van der Waals surface area (Å²) in [5, 5.41) is 3.46. The van der Waals surface area contributed by atoms with Gasteiger partial charge in [0.25, 0.3) is 0 Å². The van der Waals surface area contributed by atoms with Crippen molar-refractivity contribution in [1.82, 2.24) is 9.62 Å². The Morgan fingerprint density at radius 1 is 1.26 bits per heavy atom. The van der Waals surface area contributed by atoms with Crippen LogP contribution in [0.1, 0.15) is 19.3 Å². The summed E-state index contributed by atoms with van der Waals surface area (Å²) in [5.74, 6) is 0. The first kappa shape index (κ1) is 14.1. The molecular weight excluding hydrogens is 327 g/mol. The molecule has 2 bridgehead atoms. The van der Waals surface area contributed by atoms with Gasteiger partial charge in [-0.05, 0) is 25.3 Å². The van der Waals surface area contributed by atoms with Crippen LogP contribution in [0.25, 0.3) is 0 Å². The maximum atomic E-state index is 12.6. The Morgan fingerprint density at radius 3 is 2.68 bits per heavy atom. The first-order valence-electron chi connectivity index (χ1n) is 6.18. The van der Waals surface area contributed by atoms with E-state index in [-0.39, 0.29) is 15.3 Å². The Kier molecular flexibility index (Phi) is 3.83. The molecule has 0 aliphatic carbocycles. The predicted octanol–water partition coefficient (Wildman–Crippen LogP) is 2.57. The molecule has 1 aromatic heterocycles. The number of nitrogens with zero attached hydrogens (tertiary/aromatic N) is 1. The molecule has 2 saturated heterocycles. The lowest BCUT2D eigenvalue weighted by Crippen LogP contribution is -2.38. The fraction of sp³-hybridized carbons (Fsp3) is 0.636. The minimum atomic E-state index is -3.53. The summed E-state index contributed by atoms with van der Waals surface area (Å²) in [7, 11) is -3.53. The van der Waals surface area contributed by atoms with Gasteiger partial charge < -0.3 is 5.32 Å². The number of fused-ring (bicyclic) bond motifs is 2. The van der Waals surface area contributed by atoms with Crippen molar-refractivity contribution in [3.05, 3.63) is 14.7 Å². The number of hydrogen-bond acceptors (Lipinski definition) is 4. The Bertz CT molecular complexity index is 588. The summed E-state index contributed by atoms with van der Waals surface area (Å²) in [4.78, 5) is 0.141. The molecule has 0 radical (unpaired) electrons. The molecule has 1 aromatic rings. The number of rotatable bonds is 2. The second-order valence-electron chi connectivity index (χ2n) is 4.98. The summed E-state index contributed by atoms with van der Waals surface area (Å²) >= 11 is 12.9. The van der Waals surface area contributed by atoms with Gasteiger partial charge in [-0.1, -0.05) is 23.2 Å². The Labute approximate surface area is 126 Å². The van der Waals surface area contributed by atoms with E-state index in [1.54, 1.807) is 0 Å². The van der Waals surface area contributed by atoms with Gasteiger partial charge in [-0.3, -0.25) is 0 Å². The van der Waals surface area contributed by atoms with Gasteiger partial charge in [-0.25, -0.2) is 8.42 Å². The normalized spacial score (nSPS) is 28.5. The zero-order valence-electron chi connectivity index (χ0n) is 10.1. The van der Waals surface area contributed by atoms with Crippen molar-refractivity contribution in [2.45, 2.75) is 36.2 Å². The highest BCUT2D eigenvalue weighted by atomic mass is 35.5. The molecule has 2 atom stereocenters. The van der Waals surface area contributed by atoms with Gasteiger partial charge in [-0.15, -0.1) is 11.3 Å². The van der Waals surface area contributed by atoms with Crippen LogP contribution in [0.5, 0.6) is 0 Å². The topological polar surface area (TPSA) is 49.4 Å². The Morgan fingerprint density at radius 2 is 2.00 bits per heavy atom. The summed E-state index contributed by atoms with van der Waals surface area (Å²) in [6, 6.07) is 2.15. The van der Waals surface area contributed by atoms with Crippen molar-refractivity contribution in [2.24, 2.45) is 0 Å². The SMILES string of the molecule is O=S(=O)(c1cc(Cl)sc1Cl)N1CCC2CCC(C1)N2. The largest absolute Gasteiger partial charge is 0.310 e. The molecule has 0 aromatic carbocycles. The van der Waals surface area contributed by atoms with Crippen molar-refractivity contribution in [3.8, 4) is 0 Å². The molecule has 2 fully saturated rings. The molecule has 3 rings (SSSR count). The van der Waals surface area contributed by atoms with Crippen molar-refractivity contribution >= 4 is 44.6 Å². The Hall–Kier alpha value is 0.150. The molecule has 3 heterocycles. The van der Waals surface area contributed by atoms with E-state index in [2.05, 4.69) is 5.32 Å². The van der Waals surface area contributed by atoms with Gasteiger partial charge in [0.15, 0.2) is 0 Å². The molecule has 2 aliphatic rings. The van der Waals surface area contributed by atoms with Crippen molar-refractivity contribution in [3.63, 3.8) is 0 Å². The number of thiophene rings is 1. The summed E-state index contributed by atoms with van der Waals surface area (Å²) < 4.78 is 27.4. The van der Waals surface area contributed by atoms with Gasteiger partial charge in [0.1, 0.15) is 9.23 Å². The van der Waals surface area contributed by atoms with Crippen LogP contribution in [0, 0.1) is 0 Å². The van der Waals surface area contributed by atoms with Crippen LogP contribution in [0.2, 0.25) is 8.67 Å². The highest BCUT2D eigenvalue weighted by Crippen LogP contribution is 2.36. The molecule has 2 aliphatic heterocycles. The van der Waals surface area contributed by atoms with E-state index < -0.39 is 10.0 Å². The standard InChI is InChI=1S/C11H14Cl2N2O2S2/c12-10-5-9(11(13)18-10)19(16,17)15-4-3-7-1-2-8(6-15)14-7/h5,7-8,14H,1-4,6H2.